The number of ether oxygens (including phenoxy) is 1. The summed E-state index contributed by atoms with van der Waals surface area (Å²) in [6, 6.07) is 13.0. The SMILES string of the molecule is COc1ccc(C(=O)NNC(=O)CCn2c(=O)[nH]c3ccccc3c2=O)cc1. The van der Waals surface area contributed by atoms with E-state index in [1.165, 1.54) is 7.11 Å². The van der Waals surface area contributed by atoms with Gasteiger partial charge in [-0.15, -0.1) is 0 Å². The fraction of sp³-hybridized carbons (Fsp3) is 0.158. The van der Waals surface area contributed by atoms with Gasteiger partial charge in [0.05, 0.1) is 18.0 Å². The Morgan fingerprint density at radius 3 is 2.46 bits per heavy atom. The number of aromatic amines is 1. The van der Waals surface area contributed by atoms with E-state index in [-0.39, 0.29) is 13.0 Å². The van der Waals surface area contributed by atoms with Gasteiger partial charge in [-0.05, 0) is 36.4 Å². The zero-order valence-electron chi connectivity index (χ0n) is 15.0. The normalized spacial score (nSPS) is 10.5. The highest BCUT2D eigenvalue weighted by Gasteiger charge is 2.11. The number of amides is 2. The molecule has 1 aromatic heterocycles. The number of methoxy groups -OCH3 is 1. The maximum absolute atomic E-state index is 12.4. The molecule has 28 heavy (non-hydrogen) atoms. The average molecular weight is 382 g/mol. The van der Waals surface area contributed by atoms with Crippen molar-refractivity contribution >= 4 is 22.7 Å². The minimum atomic E-state index is -0.598. The largest absolute Gasteiger partial charge is 0.497 e. The number of para-hydroxylation sites is 1. The maximum atomic E-state index is 12.4. The Hall–Kier alpha value is -3.88. The molecule has 3 N–H and O–H groups in total. The summed E-state index contributed by atoms with van der Waals surface area (Å²) in [5.74, 6) is -0.440. The number of fused-ring (bicyclic) bond motifs is 1. The second-order valence-electron chi connectivity index (χ2n) is 5.91. The predicted octanol–water partition coefficient (Wildman–Crippen LogP) is 0.550. The van der Waals surface area contributed by atoms with Gasteiger partial charge in [0.15, 0.2) is 0 Å². The van der Waals surface area contributed by atoms with Crippen molar-refractivity contribution in [3.05, 3.63) is 74.9 Å². The first-order valence-corrected chi connectivity index (χ1v) is 8.44. The Labute approximate surface area is 158 Å². The van der Waals surface area contributed by atoms with E-state index in [9.17, 15) is 19.2 Å². The van der Waals surface area contributed by atoms with Gasteiger partial charge in [0.25, 0.3) is 11.5 Å². The van der Waals surface area contributed by atoms with E-state index in [4.69, 9.17) is 4.74 Å². The summed E-state index contributed by atoms with van der Waals surface area (Å²) in [7, 11) is 1.52. The lowest BCUT2D eigenvalue weighted by atomic mass is 10.2. The van der Waals surface area contributed by atoms with Gasteiger partial charge in [-0.1, -0.05) is 12.1 Å². The van der Waals surface area contributed by atoms with Crippen LogP contribution in [0.3, 0.4) is 0 Å². The van der Waals surface area contributed by atoms with Crippen molar-refractivity contribution in [2.45, 2.75) is 13.0 Å². The molecule has 3 rings (SSSR count). The summed E-state index contributed by atoms with van der Waals surface area (Å²) >= 11 is 0. The van der Waals surface area contributed by atoms with Crippen LogP contribution in [0.25, 0.3) is 10.9 Å². The lowest BCUT2D eigenvalue weighted by Gasteiger charge is -2.09. The zero-order valence-corrected chi connectivity index (χ0v) is 15.0. The van der Waals surface area contributed by atoms with Crippen LogP contribution in [0.5, 0.6) is 5.75 Å². The number of H-pyrrole nitrogens is 1. The molecule has 0 radical (unpaired) electrons. The number of carbonyl (C=O) groups is 2. The molecule has 0 aliphatic heterocycles. The molecule has 0 saturated heterocycles. The van der Waals surface area contributed by atoms with Crippen molar-refractivity contribution in [2.24, 2.45) is 0 Å². The van der Waals surface area contributed by atoms with Crippen LogP contribution in [0.4, 0.5) is 0 Å². The molecule has 0 unspecified atom stereocenters. The number of hydrogen-bond donors (Lipinski definition) is 3. The van der Waals surface area contributed by atoms with Crippen molar-refractivity contribution in [3.63, 3.8) is 0 Å². The monoisotopic (exact) mass is 382 g/mol. The summed E-state index contributed by atoms with van der Waals surface area (Å²) in [5.41, 5.74) is 4.23. The Bertz CT molecular complexity index is 1130. The first-order valence-electron chi connectivity index (χ1n) is 8.44. The third-order valence-electron chi connectivity index (χ3n) is 4.12. The Morgan fingerprint density at radius 1 is 1.04 bits per heavy atom. The van der Waals surface area contributed by atoms with E-state index in [2.05, 4.69) is 15.8 Å². The van der Waals surface area contributed by atoms with Crippen molar-refractivity contribution < 1.29 is 14.3 Å². The highest BCUT2D eigenvalue weighted by atomic mass is 16.5. The third-order valence-corrected chi connectivity index (χ3v) is 4.12. The number of hydrazine groups is 1. The number of carbonyl (C=O) groups excluding carboxylic acids is 2. The Morgan fingerprint density at radius 2 is 1.75 bits per heavy atom. The predicted molar refractivity (Wildman–Crippen MR) is 102 cm³/mol. The van der Waals surface area contributed by atoms with Crippen molar-refractivity contribution in [1.29, 1.82) is 0 Å². The molecule has 0 aliphatic rings. The molecule has 1 heterocycles. The van der Waals surface area contributed by atoms with Gasteiger partial charge in [0.2, 0.25) is 5.91 Å². The van der Waals surface area contributed by atoms with Crippen molar-refractivity contribution in [3.8, 4) is 5.75 Å². The molecule has 0 spiro atoms. The van der Waals surface area contributed by atoms with Gasteiger partial charge >= 0.3 is 5.69 Å². The molecule has 3 aromatic rings. The summed E-state index contributed by atoms with van der Waals surface area (Å²) in [6.45, 7) is -0.122. The second-order valence-corrected chi connectivity index (χ2v) is 5.91. The standard InChI is InChI=1S/C19H18N4O5/c1-28-13-8-6-12(7-9-13)17(25)22-21-16(24)10-11-23-18(26)14-4-2-3-5-15(14)20-19(23)27/h2-9H,10-11H2,1H3,(H,20,27)(H,21,24)(H,22,25). The first-order chi connectivity index (χ1) is 13.5. The zero-order chi connectivity index (χ0) is 20.1. The van der Waals surface area contributed by atoms with Crippen LogP contribution in [0, 0.1) is 0 Å². The van der Waals surface area contributed by atoms with Gasteiger partial charge in [-0.25, -0.2) is 4.79 Å². The molecule has 0 fully saturated rings. The smallest absolute Gasteiger partial charge is 0.328 e. The summed E-state index contributed by atoms with van der Waals surface area (Å²) in [4.78, 5) is 51.0. The number of aromatic nitrogens is 2. The van der Waals surface area contributed by atoms with Crippen LogP contribution < -0.4 is 26.8 Å². The molecular formula is C19H18N4O5. The van der Waals surface area contributed by atoms with Gasteiger partial charge < -0.3 is 9.72 Å². The second kappa shape index (κ2) is 8.21. The molecule has 9 heteroatoms. The maximum Gasteiger partial charge on any atom is 0.328 e. The minimum absolute atomic E-state index is 0.122. The van der Waals surface area contributed by atoms with E-state index >= 15 is 0 Å². The third kappa shape index (κ3) is 4.09. The number of rotatable bonds is 5. The highest BCUT2D eigenvalue weighted by Crippen LogP contribution is 2.10. The molecule has 0 bridgehead atoms. The lowest BCUT2D eigenvalue weighted by Crippen LogP contribution is -2.43. The van der Waals surface area contributed by atoms with Crippen molar-refractivity contribution in [1.82, 2.24) is 20.4 Å². The molecule has 0 aliphatic carbocycles. The van der Waals surface area contributed by atoms with Gasteiger partial charge in [-0.2, -0.15) is 0 Å². The molecule has 0 atom stereocenters. The Kier molecular flexibility index (Phi) is 5.54. The summed E-state index contributed by atoms with van der Waals surface area (Å²) in [6.07, 6.45) is -0.162. The number of benzene rings is 2. The molecule has 144 valence electrons. The van der Waals surface area contributed by atoms with Crippen molar-refractivity contribution in [2.75, 3.05) is 7.11 Å². The van der Waals surface area contributed by atoms with E-state index in [1.807, 2.05) is 0 Å². The van der Waals surface area contributed by atoms with E-state index in [1.54, 1.807) is 48.5 Å². The number of nitrogens with zero attached hydrogens (tertiary/aromatic N) is 1. The Balaban J connectivity index is 1.60. The van der Waals surface area contributed by atoms with Gasteiger partial charge in [-0.3, -0.25) is 29.8 Å². The van der Waals surface area contributed by atoms with E-state index in [0.717, 1.165) is 4.57 Å². The number of hydrogen-bond acceptors (Lipinski definition) is 5. The van der Waals surface area contributed by atoms with Crippen LogP contribution in [0.15, 0.2) is 58.1 Å². The number of nitrogens with one attached hydrogen (secondary N) is 3. The lowest BCUT2D eigenvalue weighted by molar-refractivity contribution is -0.122. The molecular weight excluding hydrogens is 364 g/mol. The fourth-order valence-electron chi connectivity index (χ4n) is 2.62. The fourth-order valence-corrected chi connectivity index (χ4v) is 2.62. The quantitative estimate of drug-likeness (QED) is 0.556. The van der Waals surface area contributed by atoms with Crippen LogP contribution in [0.2, 0.25) is 0 Å². The summed E-state index contributed by atoms with van der Waals surface area (Å²) < 4.78 is 5.96. The minimum Gasteiger partial charge on any atom is -0.497 e. The average Bonchev–Trinajstić information content (AvgIpc) is 2.72. The van der Waals surface area contributed by atoms with Crippen LogP contribution >= 0.6 is 0 Å². The molecule has 2 amide bonds. The van der Waals surface area contributed by atoms with Crippen LogP contribution in [-0.4, -0.2) is 28.5 Å². The van der Waals surface area contributed by atoms with Gasteiger partial charge in [0, 0.05) is 18.5 Å². The van der Waals surface area contributed by atoms with Crippen LogP contribution in [-0.2, 0) is 11.3 Å². The van der Waals surface area contributed by atoms with Crippen LogP contribution in [0.1, 0.15) is 16.8 Å². The molecule has 2 aromatic carbocycles. The first kappa shape index (κ1) is 18.9. The van der Waals surface area contributed by atoms with E-state index in [0.29, 0.717) is 22.2 Å². The molecule has 9 nitrogen and oxygen atoms in total. The van der Waals surface area contributed by atoms with E-state index < -0.39 is 23.1 Å². The highest BCUT2D eigenvalue weighted by molar-refractivity contribution is 5.95. The molecule has 0 saturated carbocycles. The van der Waals surface area contributed by atoms with Gasteiger partial charge in [0.1, 0.15) is 5.75 Å². The summed E-state index contributed by atoms with van der Waals surface area (Å²) in [5, 5.41) is 0.357. The topological polar surface area (TPSA) is 122 Å².